The third kappa shape index (κ3) is 5.20. The number of amides is 1. The van der Waals surface area contributed by atoms with Crippen molar-refractivity contribution in [3.05, 3.63) is 65.2 Å². The SMILES string of the molecule is N#Cc1ccc(/C=C/C(=O)NNC(=S)NCc2ccc3c(c2)OCO3)cc1. The molecule has 3 N–H and O–H groups in total. The molecule has 8 heteroatoms. The van der Waals surface area contributed by atoms with Crippen molar-refractivity contribution in [2.45, 2.75) is 6.54 Å². The molecule has 0 radical (unpaired) electrons. The predicted molar refractivity (Wildman–Crippen MR) is 103 cm³/mol. The number of nitriles is 1. The number of carbonyl (C=O) groups excluding carboxylic acids is 1. The predicted octanol–water partition coefficient (Wildman–Crippen LogP) is 2.00. The van der Waals surface area contributed by atoms with E-state index in [4.69, 9.17) is 27.0 Å². The molecule has 1 amide bonds. The number of thiocarbonyl (C=S) groups is 1. The quantitative estimate of drug-likeness (QED) is 0.424. The number of nitrogens with one attached hydrogen (secondary N) is 3. The van der Waals surface area contributed by atoms with Gasteiger partial charge in [-0.25, -0.2) is 0 Å². The van der Waals surface area contributed by atoms with Crippen LogP contribution in [-0.4, -0.2) is 17.8 Å². The van der Waals surface area contributed by atoms with E-state index in [1.165, 1.54) is 6.08 Å². The van der Waals surface area contributed by atoms with Crippen molar-refractivity contribution in [2.24, 2.45) is 0 Å². The zero-order valence-corrected chi connectivity index (χ0v) is 15.0. The molecule has 0 aromatic heterocycles. The van der Waals surface area contributed by atoms with Gasteiger partial charge in [-0.05, 0) is 53.7 Å². The first kappa shape index (κ1) is 18.2. The third-order valence-corrected chi connectivity index (χ3v) is 3.90. The van der Waals surface area contributed by atoms with Gasteiger partial charge in [0, 0.05) is 12.6 Å². The van der Waals surface area contributed by atoms with Crippen molar-refractivity contribution < 1.29 is 14.3 Å². The van der Waals surface area contributed by atoms with Crippen LogP contribution in [0.25, 0.3) is 6.08 Å². The second-order valence-corrected chi connectivity index (χ2v) is 5.96. The van der Waals surface area contributed by atoms with Gasteiger partial charge in [0.25, 0.3) is 5.91 Å². The number of fused-ring (bicyclic) bond motifs is 1. The van der Waals surface area contributed by atoms with Gasteiger partial charge in [-0.3, -0.25) is 15.6 Å². The van der Waals surface area contributed by atoms with E-state index in [2.05, 4.69) is 16.2 Å². The molecule has 2 aromatic rings. The topological polar surface area (TPSA) is 95.4 Å². The Morgan fingerprint density at radius 2 is 1.93 bits per heavy atom. The summed E-state index contributed by atoms with van der Waals surface area (Å²) < 4.78 is 10.6. The summed E-state index contributed by atoms with van der Waals surface area (Å²) in [7, 11) is 0. The minimum atomic E-state index is -0.355. The maximum atomic E-state index is 11.8. The molecule has 0 saturated carbocycles. The minimum Gasteiger partial charge on any atom is -0.454 e. The van der Waals surface area contributed by atoms with Crippen LogP contribution in [0.4, 0.5) is 0 Å². The summed E-state index contributed by atoms with van der Waals surface area (Å²) in [5.41, 5.74) is 7.45. The van der Waals surface area contributed by atoms with Crippen LogP contribution >= 0.6 is 12.2 Å². The highest BCUT2D eigenvalue weighted by atomic mass is 32.1. The van der Waals surface area contributed by atoms with Gasteiger partial charge >= 0.3 is 0 Å². The van der Waals surface area contributed by atoms with Gasteiger partial charge in [0.1, 0.15) is 0 Å². The Kier molecular flexibility index (Phi) is 5.87. The summed E-state index contributed by atoms with van der Waals surface area (Å²) in [4.78, 5) is 11.8. The molecule has 136 valence electrons. The number of benzene rings is 2. The van der Waals surface area contributed by atoms with E-state index in [1.807, 2.05) is 24.3 Å². The Morgan fingerprint density at radius 3 is 2.70 bits per heavy atom. The van der Waals surface area contributed by atoms with Crippen molar-refractivity contribution in [3.63, 3.8) is 0 Å². The van der Waals surface area contributed by atoms with Crippen molar-refractivity contribution in [3.8, 4) is 17.6 Å². The number of carbonyl (C=O) groups is 1. The van der Waals surface area contributed by atoms with Gasteiger partial charge in [-0.15, -0.1) is 0 Å². The standard InChI is InChI=1S/C19H16N4O3S/c20-10-14-3-1-13(2-4-14)6-8-18(24)22-23-19(27)21-11-15-5-7-16-17(9-15)26-12-25-16/h1-9H,11-12H2,(H,22,24)(H2,21,23,27)/b8-6+. The van der Waals surface area contributed by atoms with Gasteiger partial charge in [-0.1, -0.05) is 18.2 Å². The Bertz CT molecular complexity index is 920. The molecule has 1 aliphatic heterocycles. The molecular weight excluding hydrogens is 364 g/mol. The minimum absolute atomic E-state index is 0.230. The van der Waals surface area contributed by atoms with E-state index in [9.17, 15) is 4.79 Å². The van der Waals surface area contributed by atoms with Crippen LogP contribution in [0.1, 0.15) is 16.7 Å². The summed E-state index contributed by atoms with van der Waals surface area (Å²) >= 11 is 5.13. The van der Waals surface area contributed by atoms with Gasteiger partial charge in [-0.2, -0.15) is 5.26 Å². The molecule has 3 rings (SSSR count). The van der Waals surface area contributed by atoms with E-state index in [-0.39, 0.29) is 17.8 Å². The smallest absolute Gasteiger partial charge is 0.262 e. The molecule has 0 saturated heterocycles. The monoisotopic (exact) mass is 380 g/mol. The lowest BCUT2D eigenvalue weighted by Crippen LogP contribution is -2.45. The number of hydrazine groups is 1. The largest absolute Gasteiger partial charge is 0.454 e. The average Bonchev–Trinajstić information content (AvgIpc) is 3.17. The molecule has 0 aliphatic carbocycles. The molecule has 7 nitrogen and oxygen atoms in total. The molecule has 1 aliphatic rings. The lowest BCUT2D eigenvalue weighted by atomic mass is 10.1. The fraction of sp³-hybridized carbons (Fsp3) is 0.105. The average molecular weight is 380 g/mol. The van der Waals surface area contributed by atoms with Crippen LogP contribution < -0.4 is 25.6 Å². The normalized spacial score (nSPS) is 11.7. The van der Waals surface area contributed by atoms with E-state index in [1.54, 1.807) is 30.3 Å². The zero-order valence-electron chi connectivity index (χ0n) is 14.2. The molecule has 0 atom stereocenters. The molecule has 0 spiro atoms. The maximum absolute atomic E-state index is 11.8. The summed E-state index contributed by atoms with van der Waals surface area (Å²) in [6, 6.07) is 14.5. The Labute approximate surface area is 161 Å². The van der Waals surface area contributed by atoms with Gasteiger partial charge < -0.3 is 14.8 Å². The van der Waals surface area contributed by atoms with Gasteiger partial charge in [0.05, 0.1) is 11.6 Å². The summed E-state index contributed by atoms with van der Waals surface area (Å²) in [6.45, 7) is 0.702. The summed E-state index contributed by atoms with van der Waals surface area (Å²) in [5.74, 6) is 1.07. The van der Waals surface area contributed by atoms with Crippen LogP contribution in [0.15, 0.2) is 48.5 Å². The Morgan fingerprint density at radius 1 is 1.15 bits per heavy atom. The molecular formula is C19H16N4O3S. The van der Waals surface area contributed by atoms with Crippen LogP contribution in [0.3, 0.4) is 0 Å². The molecule has 2 aromatic carbocycles. The van der Waals surface area contributed by atoms with Gasteiger partial charge in [0.15, 0.2) is 16.6 Å². The van der Waals surface area contributed by atoms with E-state index in [0.717, 1.165) is 16.9 Å². The van der Waals surface area contributed by atoms with Crippen molar-refractivity contribution >= 4 is 29.3 Å². The highest BCUT2D eigenvalue weighted by molar-refractivity contribution is 7.80. The van der Waals surface area contributed by atoms with Crippen LogP contribution in [-0.2, 0) is 11.3 Å². The number of hydrogen-bond acceptors (Lipinski definition) is 5. The fourth-order valence-corrected chi connectivity index (χ4v) is 2.40. The van der Waals surface area contributed by atoms with Crippen molar-refractivity contribution in [2.75, 3.05) is 6.79 Å². The highest BCUT2D eigenvalue weighted by Crippen LogP contribution is 2.32. The zero-order chi connectivity index (χ0) is 19.1. The van der Waals surface area contributed by atoms with Crippen LogP contribution in [0.5, 0.6) is 11.5 Å². The first-order chi connectivity index (χ1) is 13.1. The third-order valence-electron chi connectivity index (χ3n) is 3.66. The van der Waals surface area contributed by atoms with Crippen molar-refractivity contribution in [1.82, 2.24) is 16.2 Å². The number of ether oxygens (including phenoxy) is 2. The first-order valence-electron chi connectivity index (χ1n) is 8.04. The number of rotatable bonds is 4. The molecule has 0 unspecified atom stereocenters. The lowest BCUT2D eigenvalue weighted by Gasteiger charge is -2.10. The molecule has 0 fully saturated rings. The molecule has 0 bridgehead atoms. The summed E-state index contributed by atoms with van der Waals surface area (Å²) in [6.07, 6.45) is 3.01. The maximum Gasteiger partial charge on any atom is 0.262 e. The Balaban J connectivity index is 1.41. The van der Waals surface area contributed by atoms with E-state index < -0.39 is 0 Å². The second kappa shape index (κ2) is 8.69. The molecule has 1 heterocycles. The van der Waals surface area contributed by atoms with E-state index >= 15 is 0 Å². The van der Waals surface area contributed by atoms with Crippen LogP contribution in [0, 0.1) is 11.3 Å². The summed E-state index contributed by atoms with van der Waals surface area (Å²) in [5, 5.41) is 12.0. The Hall–Kier alpha value is -3.57. The molecule has 27 heavy (non-hydrogen) atoms. The highest BCUT2D eigenvalue weighted by Gasteiger charge is 2.13. The fourth-order valence-electron chi connectivity index (χ4n) is 2.28. The number of nitrogens with zero attached hydrogens (tertiary/aromatic N) is 1. The van der Waals surface area contributed by atoms with E-state index in [0.29, 0.717) is 17.9 Å². The van der Waals surface area contributed by atoms with Gasteiger partial charge in [0.2, 0.25) is 6.79 Å². The second-order valence-electron chi connectivity index (χ2n) is 5.55. The van der Waals surface area contributed by atoms with Crippen molar-refractivity contribution in [1.29, 1.82) is 5.26 Å². The lowest BCUT2D eigenvalue weighted by molar-refractivity contribution is -0.116. The first-order valence-corrected chi connectivity index (χ1v) is 8.45. The number of hydrogen-bond donors (Lipinski definition) is 3. The van der Waals surface area contributed by atoms with Crippen LogP contribution in [0.2, 0.25) is 0 Å².